The van der Waals surface area contributed by atoms with Crippen molar-refractivity contribution in [3.05, 3.63) is 249 Å². The quantitative estimate of drug-likeness (QED) is 0.0642. The molecule has 4 aromatic carbocycles. The molecule has 684 valence electrons. The first-order valence-electron chi connectivity index (χ1n) is 40.8. The van der Waals surface area contributed by atoms with Crippen molar-refractivity contribution < 1.29 is 134 Å². The molecule has 0 unspecified atom stereocenters. The Morgan fingerprint density at radius 2 is 0.662 bits per heavy atom. The number of carbonyl (C=O) groups excluding carboxylic acids is 7. The fourth-order valence-corrected chi connectivity index (χ4v) is 19.1. The Morgan fingerprint density at radius 3 is 0.938 bits per heavy atom. The molecule has 130 heavy (non-hydrogen) atoms. The van der Waals surface area contributed by atoms with Crippen LogP contribution in [0.25, 0.3) is 0 Å². The Morgan fingerprint density at radius 1 is 0.408 bits per heavy atom. The molecule has 44 heteroatoms. The van der Waals surface area contributed by atoms with Gasteiger partial charge in [0.05, 0.1) is 84.9 Å². The molecule has 8 aromatic rings. The predicted molar refractivity (Wildman–Crippen MR) is 449 cm³/mol. The Kier molecular flexibility index (Phi) is 30.2. The molecule has 7 amide bonds. The fourth-order valence-electron chi connectivity index (χ4n) is 18.6. The summed E-state index contributed by atoms with van der Waals surface area (Å²) in [6.07, 6.45) is 13.7. The minimum absolute atomic E-state index is 0. The van der Waals surface area contributed by atoms with Crippen LogP contribution in [-0.4, -0.2) is 211 Å². The number of ether oxygens (including phenoxy) is 6. The number of hydrogen-bond acceptors (Lipinski definition) is 21. The van der Waals surface area contributed by atoms with Crippen molar-refractivity contribution in [1.29, 1.82) is 0 Å². The van der Waals surface area contributed by atoms with Gasteiger partial charge in [-0.1, -0.05) is 70.7 Å². The zero-order chi connectivity index (χ0) is 90.2. The number of nitrogens with two attached hydrogens (primary N) is 1. The summed E-state index contributed by atoms with van der Waals surface area (Å²) in [6, 6.07) is 17.2. The molecule has 8 N–H and O–H groups in total. The van der Waals surface area contributed by atoms with E-state index in [1.165, 1.54) is 101 Å². The summed E-state index contributed by atoms with van der Waals surface area (Å²) in [5.41, 5.74) is 2.86. The van der Waals surface area contributed by atoms with E-state index in [9.17, 15) is 90.4 Å². The summed E-state index contributed by atoms with van der Waals surface area (Å²) < 4.78 is 93.6. The van der Waals surface area contributed by atoms with E-state index < -0.39 is 122 Å². The first kappa shape index (κ1) is 97.6. The van der Waals surface area contributed by atoms with E-state index in [1.807, 2.05) is 0 Å². The molecular weight excluding hydrogens is 1940 g/mol. The third-order valence-electron chi connectivity index (χ3n) is 24.7. The van der Waals surface area contributed by atoms with Gasteiger partial charge in [-0.3, -0.25) is 52.7 Å². The summed E-state index contributed by atoms with van der Waals surface area (Å²) in [4.78, 5) is 159. The Hall–Kier alpha value is -9.95. The van der Waals surface area contributed by atoms with Crippen LogP contribution in [0.2, 0.25) is 20.1 Å². The average molecular weight is 2020 g/mol. The van der Waals surface area contributed by atoms with Crippen molar-refractivity contribution in [1.82, 2.24) is 53.8 Å². The largest absolute Gasteiger partial charge is 2.00 e. The van der Waals surface area contributed by atoms with Gasteiger partial charge in [-0.05, 0) is 148 Å². The van der Waals surface area contributed by atoms with Crippen LogP contribution in [0.4, 0.5) is 17.6 Å². The topological polar surface area (TPSA) is 416 Å². The second-order valence-electron chi connectivity index (χ2n) is 32.4. The monoisotopic (exact) mass is 2020 g/mol. The third-order valence-corrected chi connectivity index (χ3v) is 25.9. The Bertz CT molecular complexity index is 5980. The number of methoxy groups -OCH3 is 2. The molecule has 12 aliphatic rings. The molecule has 20 rings (SSSR count). The van der Waals surface area contributed by atoms with Gasteiger partial charge in [0.2, 0.25) is 21.7 Å². The first-order chi connectivity index (χ1) is 60.8. The summed E-state index contributed by atoms with van der Waals surface area (Å²) >= 11 is 22.4. The summed E-state index contributed by atoms with van der Waals surface area (Å²) in [6.45, 7) is 1.27. The van der Waals surface area contributed by atoms with Crippen molar-refractivity contribution in [3.8, 4) is 23.0 Å². The van der Waals surface area contributed by atoms with Crippen LogP contribution in [0.5, 0.6) is 23.0 Å². The van der Waals surface area contributed by atoms with E-state index >= 15 is 0 Å². The molecule has 0 spiro atoms. The molecular formula is C86H82Br2Cl4F4MgN12O21. The maximum absolute atomic E-state index is 13.6. The van der Waals surface area contributed by atoms with Gasteiger partial charge in [0.25, 0.3) is 41.4 Å². The minimum atomic E-state index is -1.34. The number of rotatable bonds is 13. The standard InChI is InChI=1S/C22H21ClFN3O5.2C21H19ClFN3O5.C15H16N2O6.C7H7ClFN.2BrH.Mg/c1-31-20-18-22(30)27-12-3-4-13(7-12)32-17(27)10-26(18)9-14(19(20)28)21(29)25-8-11-2-5-15(23)16(24)6-11;2*22-14-4-1-10(5-15(14)23)7-24-20(29)13-8-25-9-16-26(11-2-3-12(6-11)31-16)21(30)17(25)19(28)18(13)27;1-22-13-11-14(19)17-7-2-3-8(4-7)23-10(17)6-16(11)5-9(12(13)18)15(20)21;8-6-2-1-5(4-10)3-7(6)9;;;/h2,5-6,9,12-13,17H,3-4,7-8,10H2,1H3,(H,25,29);2*1,4-5,8,11-12,16,28H,2-3,6-7,9H2,(H,24,29);5,7-8,10H,2-4,6H2,1H3,(H,20,21);1-3H,4,10H2;2*1H;/q;;;;;;;+2/p-2/t12-,13+,17+;2*11-,12+,16+;7-,8+,10+;;;;/m1111..../s1. The summed E-state index contributed by atoms with van der Waals surface area (Å²) in [5.74, 6) is -9.24. The van der Waals surface area contributed by atoms with Crippen molar-refractivity contribution in [2.24, 2.45) is 5.73 Å². The second kappa shape index (κ2) is 40.2. The van der Waals surface area contributed by atoms with E-state index in [0.717, 1.165) is 82.6 Å². The van der Waals surface area contributed by atoms with Crippen molar-refractivity contribution >= 4 is 117 Å². The molecule has 33 nitrogen and oxygen atoms in total. The number of carboxylic acids is 1. The maximum atomic E-state index is 13.6. The molecule has 4 saturated heterocycles. The van der Waals surface area contributed by atoms with Gasteiger partial charge < -0.3 is 137 Å². The number of amides is 7. The normalized spacial score (nSPS) is 23.0. The third kappa shape index (κ3) is 19.1. The zero-order valence-corrected chi connectivity index (χ0v) is 76.7. The maximum Gasteiger partial charge on any atom is 2.00 e. The van der Waals surface area contributed by atoms with Gasteiger partial charge >= 0.3 is 29.0 Å². The summed E-state index contributed by atoms with van der Waals surface area (Å²) in [7, 11) is 2.56. The number of aromatic carboxylic acids is 1. The number of nitrogens with zero attached hydrogens (tertiary/aromatic N) is 8. The van der Waals surface area contributed by atoms with Crippen molar-refractivity contribution in [3.63, 3.8) is 0 Å². The number of carboxylic acid groups (broad SMARTS) is 1. The van der Waals surface area contributed by atoms with E-state index in [4.69, 9.17) is 80.6 Å². The van der Waals surface area contributed by atoms with Gasteiger partial charge in [-0.15, -0.1) is 0 Å². The number of pyridine rings is 4. The van der Waals surface area contributed by atoms with Crippen molar-refractivity contribution in [2.45, 2.75) is 203 Å². The summed E-state index contributed by atoms with van der Waals surface area (Å²) in [5, 5.41) is 37.9. The molecule has 4 aromatic heterocycles. The molecule has 4 aliphatic carbocycles. The van der Waals surface area contributed by atoms with Crippen molar-refractivity contribution in [2.75, 3.05) is 14.2 Å². The van der Waals surface area contributed by atoms with Gasteiger partial charge in [-0.25, -0.2) is 22.4 Å². The molecule has 8 fully saturated rings. The van der Waals surface area contributed by atoms with Gasteiger partial charge in [-0.2, -0.15) is 0 Å². The first-order valence-corrected chi connectivity index (χ1v) is 42.3. The van der Waals surface area contributed by atoms with Crippen LogP contribution in [0.3, 0.4) is 0 Å². The number of fused-ring (bicyclic) bond motifs is 20. The molecule has 12 atom stereocenters. The number of aromatic hydroxyl groups is 2. The van der Waals surface area contributed by atoms with Crippen LogP contribution in [0.15, 0.2) is 117 Å². The van der Waals surface area contributed by atoms with E-state index in [-0.39, 0.29) is 221 Å². The van der Waals surface area contributed by atoms with Crippen LogP contribution in [-0.2, 0) is 71.3 Å². The molecule has 8 aliphatic heterocycles. The van der Waals surface area contributed by atoms with Crippen LogP contribution < -0.4 is 86.8 Å². The fraction of sp³-hybridized carbons (Fsp3) is 0.395. The molecule has 12 heterocycles. The van der Waals surface area contributed by atoms with E-state index in [2.05, 4.69) is 16.0 Å². The number of hydrogen-bond donors (Lipinski definition) is 7. The number of nitrogens with one attached hydrogen (secondary N) is 3. The molecule has 4 saturated carbocycles. The Labute approximate surface area is 793 Å². The number of benzene rings is 4. The van der Waals surface area contributed by atoms with E-state index in [1.54, 1.807) is 48.4 Å². The minimum Gasteiger partial charge on any atom is -1.00 e. The predicted octanol–water partition coefficient (Wildman–Crippen LogP) is 2.19. The molecule has 8 bridgehead atoms. The van der Waals surface area contributed by atoms with Crippen LogP contribution in [0, 0.1) is 23.3 Å². The van der Waals surface area contributed by atoms with Crippen LogP contribution in [0.1, 0.15) is 183 Å². The Balaban J connectivity index is 0.000000142. The number of carbonyl (C=O) groups is 8. The number of aromatic nitrogens is 4. The zero-order valence-electron chi connectivity index (χ0n) is 69.1. The second-order valence-corrected chi connectivity index (χ2v) is 34.0. The van der Waals surface area contributed by atoms with E-state index in [0.29, 0.717) is 36.3 Å². The molecule has 0 radical (unpaired) electrons. The van der Waals surface area contributed by atoms with Gasteiger partial charge in [0.15, 0.2) is 70.7 Å². The van der Waals surface area contributed by atoms with Gasteiger partial charge in [0.1, 0.15) is 45.5 Å². The SMILES string of the molecule is COc1c2n(cc(C(=O)NCc3ccc(Cl)c(F)c3)c1=O)C[C@@H]1O[C@H]3CC[C@H](C3)N1C2=O.COc1c2n(cc(C(=O)O)c1=O)C[C@@H]1O[C@H]3CC[C@H](C3)N1C2=O.NCc1ccc(Cl)c(F)c1.O=C(NCc1ccc(Cl)c(F)c1)c1cn2c(c(O)c1=O)C(=O)N1[C@@H]3CC[C@@H](C3)O[C@H]1C2.O=C(NCc1ccc(Cl)c(F)c1)c1cn2c(c(O)c1=O)C(=O)N1[C@@H]3CC[C@@H](C3)O[C@H]1C2.[Br-].[Br-].[Mg+2]. The number of halogens is 10. The smallest absolute Gasteiger partial charge is 1.00 e. The average Bonchev–Trinajstić information content (AvgIpc) is 1.39. The van der Waals surface area contributed by atoms with Gasteiger partial charge in [0, 0.05) is 75.1 Å². The van der Waals surface area contributed by atoms with Crippen LogP contribution >= 0.6 is 46.4 Å².